The van der Waals surface area contributed by atoms with Gasteiger partial charge in [-0.05, 0) is 36.6 Å². The van der Waals surface area contributed by atoms with Crippen molar-refractivity contribution in [3.63, 3.8) is 0 Å². The van der Waals surface area contributed by atoms with Gasteiger partial charge in [0.25, 0.3) is 0 Å². The highest BCUT2D eigenvalue weighted by Gasteiger charge is 2.32. The molecule has 19 heavy (non-hydrogen) atoms. The van der Waals surface area contributed by atoms with Crippen LogP contribution in [0.15, 0.2) is 24.3 Å². The van der Waals surface area contributed by atoms with Crippen molar-refractivity contribution in [3.8, 4) is 0 Å². The van der Waals surface area contributed by atoms with Crippen molar-refractivity contribution in [1.82, 2.24) is 10.2 Å². The highest BCUT2D eigenvalue weighted by Crippen LogP contribution is 2.36. The molecule has 1 heterocycles. The van der Waals surface area contributed by atoms with E-state index in [4.69, 9.17) is 0 Å². The summed E-state index contributed by atoms with van der Waals surface area (Å²) < 4.78 is 13.4. The zero-order chi connectivity index (χ0) is 13.8. The molecule has 0 aromatic heterocycles. The molecule has 2 rings (SSSR count). The van der Waals surface area contributed by atoms with Crippen LogP contribution in [0.4, 0.5) is 4.39 Å². The van der Waals surface area contributed by atoms with E-state index in [0.717, 1.165) is 25.1 Å². The first-order chi connectivity index (χ1) is 9.11. The van der Waals surface area contributed by atoms with Gasteiger partial charge in [-0.1, -0.05) is 19.1 Å². The predicted octanol–water partition coefficient (Wildman–Crippen LogP) is 2.34. The van der Waals surface area contributed by atoms with Crippen LogP contribution in [-0.4, -0.2) is 30.9 Å². The Morgan fingerprint density at radius 1 is 1.53 bits per heavy atom. The van der Waals surface area contributed by atoms with Crippen molar-refractivity contribution in [1.29, 1.82) is 0 Å². The lowest BCUT2D eigenvalue weighted by molar-refractivity contribution is -0.121. The standard InChI is InChI=1S/C15H21FN2O/c1-11-6-8-18(9-7-14(19)17-2)15(11)12-4-3-5-13(16)10-12/h3-5,10-11,15H,6-9H2,1-2H3,(H,17,19)/t11-,15-/m1/s1. The number of amides is 1. The molecule has 1 N–H and O–H groups in total. The lowest BCUT2D eigenvalue weighted by atomic mass is 9.95. The lowest BCUT2D eigenvalue weighted by Gasteiger charge is -2.27. The van der Waals surface area contributed by atoms with Crippen LogP contribution in [0.2, 0.25) is 0 Å². The van der Waals surface area contributed by atoms with Gasteiger partial charge >= 0.3 is 0 Å². The molecule has 1 amide bonds. The van der Waals surface area contributed by atoms with Crippen molar-refractivity contribution >= 4 is 5.91 Å². The molecular weight excluding hydrogens is 243 g/mol. The van der Waals surface area contributed by atoms with Gasteiger partial charge in [-0.2, -0.15) is 0 Å². The van der Waals surface area contributed by atoms with Crippen molar-refractivity contribution in [2.75, 3.05) is 20.1 Å². The number of hydrogen-bond acceptors (Lipinski definition) is 2. The minimum absolute atomic E-state index is 0.0533. The number of rotatable bonds is 4. The molecule has 1 fully saturated rings. The Morgan fingerprint density at radius 2 is 2.32 bits per heavy atom. The molecule has 0 saturated carbocycles. The molecule has 1 aliphatic heterocycles. The van der Waals surface area contributed by atoms with Gasteiger partial charge < -0.3 is 5.32 Å². The van der Waals surface area contributed by atoms with E-state index < -0.39 is 0 Å². The minimum atomic E-state index is -0.192. The molecule has 1 aromatic carbocycles. The van der Waals surface area contributed by atoms with E-state index in [9.17, 15) is 9.18 Å². The third kappa shape index (κ3) is 3.32. The number of carbonyl (C=O) groups is 1. The second kappa shape index (κ2) is 6.15. The topological polar surface area (TPSA) is 32.3 Å². The van der Waals surface area contributed by atoms with Crippen LogP contribution in [0.5, 0.6) is 0 Å². The summed E-state index contributed by atoms with van der Waals surface area (Å²) in [7, 11) is 1.65. The van der Waals surface area contributed by atoms with Crippen molar-refractivity contribution < 1.29 is 9.18 Å². The second-order valence-electron chi connectivity index (χ2n) is 5.22. The molecular formula is C15H21FN2O. The fourth-order valence-corrected chi connectivity index (χ4v) is 2.88. The molecule has 2 atom stereocenters. The second-order valence-corrected chi connectivity index (χ2v) is 5.22. The van der Waals surface area contributed by atoms with E-state index in [2.05, 4.69) is 17.1 Å². The molecule has 104 valence electrons. The molecule has 0 aliphatic carbocycles. The first-order valence-electron chi connectivity index (χ1n) is 6.82. The Kier molecular flexibility index (Phi) is 4.53. The summed E-state index contributed by atoms with van der Waals surface area (Å²) in [5, 5.41) is 2.64. The van der Waals surface area contributed by atoms with Crippen LogP contribution in [-0.2, 0) is 4.79 Å². The van der Waals surface area contributed by atoms with Crippen LogP contribution in [0.25, 0.3) is 0 Å². The first-order valence-corrected chi connectivity index (χ1v) is 6.82. The average Bonchev–Trinajstić information content (AvgIpc) is 2.77. The SMILES string of the molecule is CNC(=O)CCN1CC[C@@H](C)[C@@H]1c1cccc(F)c1. The Hall–Kier alpha value is -1.42. The van der Waals surface area contributed by atoms with E-state index in [1.165, 1.54) is 6.07 Å². The molecule has 0 bridgehead atoms. The summed E-state index contributed by atoms with van der Waals surface area (Å²) in [4.78, 5) is 13.6. The zero-order valence-corrected chi connectivity index (χ0v) is 11.5. The van der Waals surface area contributed by atoms with E-state index in [1.807, 2.05) is 6.07 Å². The molecule has 1 aromatic rings. The Morgan fingerprint density at radius 3 is 3.00 bits per heavy atom. The quantitative estimate of drug-likeness (QED) is 0.905. The van der Waals surface area contributed by atoms with E-state index in [-0.39, 0.29) is 17.8 Å². The summed E-state index contributed by atoms with van der Waals surface area (Å²) in [5.41, 5.74) is 1.02. The van der Waals surface area contributed by atoms with Gasteiger partial charge in [0, 0.05) is 26.1 Å². The van der Waals surface area contributed by atoms with Crippen molar-refractivity contribution in [2.45, 2.75) is 25.8 Å². The molecule has 0 unspecified atom stereocenters. The maximum atomic E-state index is 13.4. The van der Waals surface area contributed by atoms with Crippen LogP contribution in [0, 0.1) is 11.7 Å². The number of nitrogens with one attached hydrogen (secondary N) is 1. The summed E-state index contributed by atoms with van der Waals surface area (Å²) in [6.07, 6.45) is 1.59. The number of likely N-dealkylation sites (tertiary alicyclic amines) is 1. The Labute approximate surface area is 113 Å². The average molecular weight is 264 g/mol. The van der Waals surface area contributed by atoms with E-state index >= 15 is 0 Å². The molecule has 1 saturated heterocycles. The Bertz CT molecular complexity index is 450. The van der Waals surface area contributed by atoms with Gasteiger partial charge in [-0.3, -0.25) is 9.69 Å². The summed E-state index contributed by atoms with van der Waals surface area (Å²) >= 11 is 0. The summed E-state index contributed by atoms with van der Waals surface area (Å²) in [6, 6.07) is 7.03. The minimum Gasteiger partial charge on any atom is -0.359 e. The fourth-order valence-electron chi connectivity index (χ4n) is 2.88. The predicted molar refractivity (Wildman–Crippen MR) is 73.2 cm³/mol. The van der Waals surface area contributed by atoms with Gasteiger partial charge in [-0.15, -0.1) is 0 Å². The van der Waals surface area contributed by atoms with Gasteiger partial charge in [-0.25, -0.2) is 4.39 Å². The van der Waals surface area contributed by atoms with Crippen LogP contribution in [0.1, 0.15) is 31.4 Å². The molecule has 0 spiro atoms. The van der Waals surface area contributed by atoms with Crippen LogP contribution >= 0.6 is 0 Å². The zero-order valence-electron chi connectivity index (χ0n) is 11.5. The maximum Gasteiger partial charge on any atom is 0.221 e. The van der Waals surface area contributed by atoms with E-state index in [1.54, 1.807) is 19.2 Å². The van der Waals surface area contributed by atoms with Gasteiger partial charge in [0.15, 0.2) is 0 Å². The van der Waals surface area contributed by atoms with E-state index in [0.29, 0.717) is 12.3 Å². The smallest absolute Gasteiger partial charge is 0.221 e. The molecule has 1 aliphatic rings. The number of nitrogens with zero attached hydrogens (tertiary/aromatic N) is 1. The summed E-state index contributed by atoms with van der Waals surface area (Å²) in [5.74, 6) is 0.354. The number of carbonyl (C=O) groups excluding carboxylic acids is 1. The first kappa shape index (κ1) is 14.0. The van der Waals surface area contributed by atoms with Gasteiger partial charge in [0.1, 0.15) is 5.82 Å². The third-order valence-electron chi connectivity index (χ3n) is 3.90. The Balaban J connectivity index is 2.09. The van der Waals surface area contributed by atoms with Gasteiger partial charge in [0.2, 0.25) is 5.91 Å². The van der Waals surface area contributed by atoms with Gasteiger partial charge in [0.05, 0.1) is 0 Å². The highest BCUT2D eigenvalue weighted by molar-refractivity contribution is 5.75. The lowest BCUT2D eigenvalue weighted by Crippen LogP contribution is -2.30. The van der Waals surface area contributed by atoms with Crippen molar-refractivity contribution in [2.24, 2.45) is 5.92 Å². The number of hydrogen-bond donors (Lipinski definition) is 1. The number of benzene rings is 1. The highest BCUT2D eigenvalue weighted by atomic mass is 19.1. The monoisotopic (exact) mass is 264 g/mol. The summed E-state index contributed by atoms with van der Waals surface area (Å²) in [6.45, 7) is 3.89. The molecule has 0 radical (unpaired) electrons. The van der Waals surface area contributed by atoms with Crippen molar-refractivity contribution in [3.05, 3.63) is 35.6 Å². The normalized spacial score (nSPS) is 23.5. The third-order valence-corrected chi connectivity index (χ3v) is 3.90. The molecule has 3 nitrogen and oxygen atoms in total. The fraction of sp³-hybridized carbons (Fsp3) is 0.533. The number of halogens is 1. The largest absolute Gasteiger partial charge is 0.359 e. The van der Waals surface area contributed by atoms with Crippen LogP contribution < -0.4 is 5.32 Å². The van der Waals surface area contributed by atoms with Crippen LogP contribution in [0.3, 0.4) is 0 Å². The molecule has 4 heteroatoms. The maximum absolute atomic E-state index is 13.4.